The minimum atomic E-state index is -0.270. The van der Waals surface area contributed by atoms with Crippen molar-refractivity contribution in [1.82, 2.24) is 4.90 Å². The van der Waals surface area contributed by atoms with Gasteiger partial charge >= 0.3 is 0 Å². The Morgan fingerprint density at radius 2 is 1.26 bits per heavy atom. The predicted octanol–water partition coefficient (Wildman–Crippen LogP) is 1.70. The quantitative estimate of drug-likeness (QED) is 0.473. The van der Waals surface area contributed by atoms with E-state index in [0.29, 0.717) is 12.1 Å². The van der Waals surface area contributed by atoms with Crippen molar-refractivity contribution in [3.8, 4) is 0 Å². The number of aliphatic hydroxyl groups is 1. The molecule has 3 atom stereocenters. The fourth-order valence-corrected chi connectivity index (χ4v) is 2.60. The van der Waals surface area contributed by atoms with Crippen LogP contribution in [0.25, 0.3) is 0 Å². The second-order valence-corrected chi connectivity index (χ2v) is 5.81. The SMILES string of the molecule is CC(O)CN(C(C)CCCCN)C(C)CCCCN. The van der Waals surface area contributed by atoms with Crippen molar-refractivity contribution in [2.24, 2.45) is 11.5 Å². The van der Waals surface area contributed by atoms with Crippen LogP contribution in [-0.4, -0.2) is 47.8 Å². The van der Waals surface area contributed by atoms with Gasteiger partial charge in [0.15, 0.2) is 0 Å². The van der Waals surface area contributed by atoms with Crippen LogP contribution in [0.15, 0.2) is 0 Å². The summed E-state index contributed by atoms with van der Waals surface area (Å²) in [5.74, 6) is 0. The second-order valence-electron chi connectivity index (χ2n) is 5.81. The van der Waals surface area contributed by atoms with E-state index in [0.717, 1.165) is 45.3 Å². The lowest BCUT2D eigenvalue weighted by atomic mass is 10.0. The van der Waals surface area contributed by atoms with Gasteiger partial charge in [0, 0.05) is 18.6 Å². The maximum Gasteiger partial charge on any atom is 0.0639 e. The number of nitrogens with zero attached hydrogens (tertiary/aromatic N) is 1. The van der Waals surface area contributed by atoms with Crippen LogP contribution in [0.4, 0.5) is 0 Å². The molecule has 0 aromatic rings. The molecule has 0 amide bonds. The Kier molecular flexibility index (Phi) is 11.6. The molecule has 0 fully saturated rings. The molecule has 0 aromatic carbocycles. The molecule has 0 aliphatic heterocycles. The summed E-state index contributed by atoms with van der Waals surface area (Å²) in [4.78, 5) is 2.44. The summed E-state index contributed by atoms with van der Waals surface area (Å²) in [6.07, 6.45) is 6.57. The van der Waals surface area contributed by atoms with Gasteiger partial charge in [0.2, 0.25) is 0 Å². The monoisotopic (exact) mass is 273 g/mol. The zero-order valence-corrected chi connectivity index (χ0v) is 13.1. The van der Waals surface area contributed by atoms with Gasteiger partial charge < -0.3 is 16.6 Å². The summed E-state index contributed by atoms with van der Waals surface area (Å²) >= 11 is 0. The summed E-state index contributed by atoms with van der Waals surface area (Å²) < 4.78 is 0. The highest BCUT2D eigenvalue weighted by atomic mass is 16.3. The molecule has 0 aliphatic rings. The van der Waals surface area contributed by atoms with E-state index in [9.17, 15) is 5.11 Å². The smallest absolute Gasteiger partial charge is 0.0639 e. The van der Waals surface area contributed by atoms with Crippen molar-refractivity contribution in [1.29, 1.82) is 0 Å². The zero-order chi connectivity index (χ0) is 14.7. The molecule has 116 valence electrons. The van der Waals surface area contributed by atoms with Crippen molar-refractivity contribution in [2.75, 3.05) is 19.6 Å². The van der Waals surface area contributed by atoms with E-state index < -0.39 is 0 Å². The number of aliphatic hydroxyl groups excluding tert-OH is 1. The van der Waals surface area contributed by atoms with Crippen molar-refractivity contribution in [2.45, 2.75) is 77.5 Å². The number of unbranched alkanes of at least 4 members (excludes halogenated alkanes) is 2. The highest BCUT2D eigenvalue weighted by Gasteiger charge is 2.20. The van der Waals surface area contributed by atoms with E-state index in [-0.39, 0.29) is 6.10 Å². The minimum Gasteiger partial charge on any atom is -0.392 e. The van der Waals surface area contributed by atoms with E-state index in [1.54, 1.807) is 0 Å². The molecule has 0 radical (unpaired) electrons. The van der Waals surface area contributed by atoms with Crippen molar-refractivity contribution < 1.29 is 5.11 Å². The first-order valence-electron chi connectivity index (χ1n) is 7.86. The number of hydrogen-bond donors (Lipinski definition) is 3. The van der Waals surface area contributed by atoms with Gasteiger partial charge in [-0.05, 0) is 59.5 Å². The summed E-state index contributed by atoms with van der Waals surface area (Å²) in [6, 6.07) is 1.02. The van der Waals surface area contributed by atoms with Crippen LogP contribution >= 0.6 is 0 Å². The van der Waals surface area contributed by atoms with Gasteiger partial charge in [-0.15, -0.1) is 0 Å². The number of rotatable bonds is 12. The lowest BCUT2D eigenvalue weighted by Crippen LogP contribution is -2.44. The van der Waals surface area contributed by atoms with E-state index in [4.69, 9.17) is 11.5 Å². The molecule has 0 aliphatic carbocycles. The van der Waals surface area contributed by atoms with Crippen LogP contribution in [0.1, 0.15) is 59.3 Å². The Hall–Kier alpha value is -0.160. The van der Waals surface area contributed by atoms with E-state index in [2.05, 4.69) is 18.7 Å². The van der Waals surface area contributed by atoms with Crippen molar-refractivity contribution in [3.05, 3.63) is 0 Å². The highest BCUT2D eigenvalue weighted by Crippen LogP contribution is 2.16. The molecule has 0 spiro atoms. The summed E-state index contributed by atoms with van der Waals surface area (Å²) in [5.41, 5.74) is 11.1. The first-order valence-corrected chi connectivity index (χ1v) is 7.86. The minimum absolute atomic E-state index is 0.270. The Balaban J connectivity index is 4.25. The van der Waals surface area contributed by atoms with Gasteiger partial charge in [0.25, 0.3) is 0 Å². The van der Waals surface area contributed by atoms with Gasteiger partial charge in [-0.25, -0.2) is 0 Å². The molecule has 0 bridgehead atoms. The molecule has 0 saturated heterocycles. The van der Waals surface area contributed by atoms with Crippen LogP contribution in [0.2, 0.25) is 0 Å². The van der Waals surface area contributed by atoms with E-state index >= 15 is 0 Å². The molecule has 4 nitrogen and oxygen atoms in total. The van der Waals surface area contributed by atoms with Crippen molar-refractivity contribution >= 4 is 0 Å². The molecule has 0 rings (SSSR count). The van der Waals surface area contributed by atoms with Crippen molar-refractivity contribution in [3.63, 3.8) is 0 Å². The highest BCUT2D eigenvalue weighted by molar-refractivity contribution is 4.76. The van der Waals surface area contributed by atoms with Crippen LogP contribution in [0.5, 0.6) is 0 Å². The maximum atomic E-state index is 9.68. The molecule has 4 heteroatoms. The first-order chi connectivity index (χ1) is 9.02. The number of nitrogens with two attached hydrogens (primary N) is 2. The van der Waals surface area contributed by atoms with Crippen LogP contribution < -0.4 is 11.5 Å². The fraction of sp³-hybridized carbons (Fsp3) is 1.00. The molecule has 5 N–H and O–H groups in total. The van der Waals surface area contributed by atoms with Gasteiger partial charge in [-0.2, -0.15) is 0 Å². The molecular weight excluding hydrogens is 238 g/mol. The third-order valence-electron chi connectivity index (χ3n) is 3.76. The van der Waals surface area contributed by atoms with Crippen LogP contribution in [-0.2, 0) is 0 Å². The lowest BCUT2D eigenvalue weighted by Gasteiger charge is -2.35. The Labute approximate surface area is 119 Å². The Morgan fingerprint density at radius 3 is 1.58 bits per heavy atom. The third-order valence-corrected chi connectivity index (χ3v) is 3.76. The lowest BCUT2D eigenvalue weighted by molar-refractivity contribution is 0.0674. The van der Waals surface area contributed by atoms with E-state index in [1.807, 2.05) is 6.92 Å². The number of hydrogen-bond acceptors (Lipinski definition) is 4. The predicted molar refractivity (Wildman–Crippen MR) is 83.1 cm³/mol. The topological polar surface area (TPSA) is 75.5 Å². The maximum absolute atomic E-state index is 9.68. The fourth-order valence-electron chi connectivity index (χ4n) is 2.60. The zero-order valence-electron chi connectivity index (χ0n) is 13.1. The Bertz CT molecular complexity index is 184. The van der Waals surface area contributed by atoms with Gasteiger partial charge in [0.05, 0.1) is 6.10 Å². The van der Waals surface area contributed by atoms with Gasteiger partial charge in [0.1, 0.15) is 0 Å². The second kappa shape index (κ2) is 11.6. The molecule has 0 heterocycles. The normalized spacial score (nSPS) is 16.6. The molecule has 0 aromatic heterocycles. The third kappa shape index (κ3) is 9.38. The molecule has 19 heavy (non-hydrogen) atoms. The average Bonchev–Trinajstić information content (AvgIpc) is 2.36. The first kappa shape index (κ1) is 18.8. The molecular formula is C15H35N3O. The molecule has 3 unspecified atom stereocenters. The summed E-state index contributed by atoms with van der Waals surface area (Å²) in [7, 11) is 0. The summed E-state index contributed by atoms with van der Waals surface area (Å²) in [6.45, 7) is 8.70. The van der Waals surface area contributed by atoms with Gasteiger partial charge in [-0.1, -0.05) is 12.8 Å². The Morgan fingerprint density at radius 1 is 0.842 bits per heavy atom. The average molecular weight is 273 g/mol. The summed E-state index contributed by atoms with van der Waals surface area (Å²) in [5, 5.41) is 9.68. The largest absolute Gasteiger partial charge is 0.392 e. The van der Waals surface area contributed by atoms with Crippen LogP contribution in [0.3, 0.4) is 0 Å². The van der Waals surface area contributed by atoms with Crippen LogP contribution in [0, 0.1) is 0 Å². The standard InChI is InChI=1S/C15H35N3O/c1-13(8-4-6-10-16)18(12-15(3)19)14(2)9-5-7-11-17/h13-15,19H,4-12,16-17H2,1-3H3. The molecule has 0 saturated carbocycles. The van der Waals surface area contributed by atoms with Gasteiger partial charge in [-0.3, -0.25) is 4.90 Å². The van der Waals surface area contributed by atoms with E-state index in [1.165, 1.54) is 12.8 Å².